The fourth-order valence-electron chi connectivity index (χ4n) is 3.20. The minimum atomic E-state index is -0.249. The van der Waals surface area contributed by atoms with Gasteiger partial charge in [0, 0.05) is 13.0 Å². The third kappa shape index (κ3) is 3.91. The predicted octanol–water partition coefficient (Wildman–Crippen LogP) is 2.66. The number of fused-ring (bicyclic) bond motifs is 1. The van der Waals surface area contributed by atoms with Crippen LogP contribution in [-0.4, -0.2) is 32.3 Å². The second-order valence-corrected chi connectivity index (χ2v) is 6.47. The summed E-state index contributed by atoms with van der Waals surface area (Å²) in [6.07, 6.45) is 0.154. The molecule has 1 amide bonds. The number of nitrogens with zero attached hydrogens (tertiary/aromatic N) is 5. The Bertz CT molecular complexity index is 1080. The first-order chi connectivity index (χ1) is 13.5. The number of aromatic nitrogens is 3. The van der Waals surface area contributed by atoms with E-state index < -0.39 is 0 Å². The first-order valence-corrected chi connectivity index (χ1v) is 9.17. The Hall–Kier alpha value is -3.53. The van der Waals surface area contributed by atoms with E-state index in [0.29, 0.717) is 23.0 Å². The summed E-state index contributed by atoms with van der Waals surface area (Å²) in [5.74, 6) is -0.0683. The van der Waals surface area contributed by atoms with E-state index in [2.05, 4.69) is 16.4 Å². The van der Waals surface area contributed by atoms with Gasteiger partial charge in [-0.3, -0.25) is 9.59 Å². The molecule has 1 aromatic heterocycles. The molecule has 28 heavy (non-hydrogen) atoms. The molecular formula is C21H21N5O2. The Balaban J connectivity index is 1.73. The maximum Gasteiger partial charge on any atom is 0.277 e. The molecule has 7 heteroatoms. The number of benzene rings is 2. The number of hydrogen-bond acceptors (Lipinski definition) is 5. The van der Waals surface area contributed by atoms with E-state index in [1.54, 1.807) is 41.3 Å². The lowest BCUT2D eigenvalue weighted by molar-refractivity contribution is -0.133. The van der Waals surface area contributed by atoms with E-state index in [9.17, 15) is 9.59 Å². The molecule has 0 saturated heterocycles. The van der Waals surface area contributed by atoms with Crippen molar-refractivity contribution in [2.24, 2.45) is 0 Å². The second-order valence-electron chi connectivity index (χ2n) is 6.47. The van der Waals surface area contributed by atoms with E-state index in [1.165, 1.54) is 4.68 Å². The molecule has 3 rings (SSSR count). The SMILES string of the molecule is CCN(C(=O)CCn1nnc2ccccc2c1=O)C(C)c1ccc(C#N)cc1. The summed E-state index contributed by atoms with van der Waals surface area (Å²) < 4.78 is 1.24. The highest BCUT2D eigenvalue weighted by Gasteiger charge is 2.20. The summed E-state index contributed by atoms with van der Waals surface area (Å²) in [4.78, 5) is 27.0. The van der Waals surface area contributed by atoms with Crippen molar-refractivity contribution >= 4 is 16.8 Å². The number of hydrogen-bond donors (Lipinski definition) is 0. The van der Waals surface area contributed by atoms with Gasteiger partial charge in [-0.15, -0.1) is 5.10 Å². The van der Waals surface area contributed by atoms with Gasteiger partial charge < -0.3 is 4.90 Å². The zero-order valence-electron chi connectivity index (χ0n) is 15.9. The second kappa shape index (κ2) is 8.44. The van der Waals surface area contributed by atoms with Crippen molar-refractivity contribution in [2.75, 3.05) is 6.54 Å². The molecule has 0 aliphatic carbocycles. The number of amides is 1. The van der Waals surface area contributed by atoms with Crippen molar-refractivity contribution in [1.82, 2.24) is 19.9 Å². The monoisotopic (exact) mass is 375 g/mol. The van der Waals surface area contributed by atoms with Gasteiger partial charge in [-0.05, 0) is 43.7 Å². The lowest BCUT2D eigenvalue weighted by atomic mass is 10.0. The van der Waals surface area contributed by atoms with Crippen LogP contribution in [0, 0.1) is 11.3 Å². The van der Waals surface area contributed by atoms with Gasteiger partial charge in [0.1, 0.15) is 5.52 Å². The highest BCUT2D eigenvalue weighted by atomic mass is 16.2. The van der Waals surface area contributed by atoms with Crippen LogP contribution >= 0.6 is 0 Å². The van der Waals surface area contributed by atoms with Gasteiger partial charge in [-0.1, -0.05) is 29.5 Å². The van der Waals surface area contributed by atoms with Gasteiger partial charge in [0.05, 0.1) is 29.6 Å². The lowest BCUT2D eigenvalue weighted by Crippen LogP contribution is -2.35. The molecule has 0 aliphatic heterocycles. The fourth-order valence-corrected chi connectivity index (χ4v) is 3.20. The van der Waals surface area contributed by atoms with Crippen LogP contribution in [-0.2, 0) is 11.3 Å². The van der Waals surface area contributed by atoms with Crippen LogP contribution in [0.1, 0.15) is 37.4 Å². The summed E-state index contributed by atoms with van der Waals surface area (Å²) in [6, 6.07) is 16.2. The number of nitriles is 1. The van der Waals surface area contributed by atoms with Crippen molar-refractivity contribution < 1.29 is 4.79 Å². The van der Waals surface area contributed by atoms with Crippen molar-refractivity contribution in [3.8, 4) is 6.07 Å². The summed E-state index contributed by atoms with van der Waals surface area (Å²) in [7, 11) is 0. The molecule has 2 aromatic carbocycles. The maximum absolute atomic E-state index is 12.8. The molecule has 0 bridgehead atoms. The van der Waals surface area contributed by atoms with Crippen LogP contribution in [0.5, 0.6) is 0 Å². The van der Waals surface area contributed by atoms with Crippen molar-refractivity contribution in [3.63, 3.8) is 0 Å². The molecule has 3 aromatic rings. The summed E-state index contributed by atoms with van der Waals surface area (Å²) >= 11 is 0. The van der Waals surface area contributed by atoms with E-state index in [0.717, 1.165) is 5.56 Å². The minimum absolute atomic E-state index is 0.0683. The predicted molar refractivity (Wildman–Crippen MR) is 105 cm³/mol. The molecule has 7 nitrogen and oxygen atoms in total. The van der Waals surface area contributed by atoms with Gasteiger partial charge in [0.15, 0.2) is 0 Å². The van der Waals surface area contributed by atoms with Crippen LogP contribution in [0.15, 0.2) is 53.3 Å². The molecule has 142 valence electrons. The Labute approximate surface area is 162 Å². The molecule has 0 spiro atoms. The van der Waals surface area contributed by atoms with E-state index in [1.807, 2.05) is 26.0 Å². The standard InChI is InChI=1S/C21H21N5O2/c1-3-25(15(2)17-10-8-16(14-22)9-11-17)20(27)12-13-26-21(28)18-6-4-5-7-19(18)23-24-26/h4-11,15H,3,12-13H2,1-2H3. The molecule has 0 N–H and O–H groups in total. The summed E-state index contributed by atoms with van der Waals surface area (Å²) in [6.45, 7) is 4.58. The first kappa shape index (κ1) is 19.2. The van der Waals surface area contributed by atoms with Crippen LogP contribution in [0.2, 0.25) is 0 Å². The number of carbonyl (C=O) groups is 1. The van der Waals surface area contributed by atoms with E-state index in [-0.39, 0.29) is 30.5 Å². The van der Waals surface area contributed by atoms with Gasteiger partial charge in [-0.2, -0.15) is 5.26 Å². The fraction of sp³-hybridized carbons (Fsp3) is 0.286. The molecule has 1 atom stereocenters. The first-order valence-electron chi connectivity index (χ1n) is 9.17. The van der Waals surface area contributed by atoms with Crippen LogP contribution in [0.25, 0.3) is 10.9 Å². The number of carbonyl (C=O) groups excluding carboxylic acids is 1. The van der Waals surface area contributed by atoms with E-state index >= 15 is 0 Å². The summed E-state index contributed by atoms with van der Waals surface area (Å²) in [5.41, 5.74) is 1.83. The number of rotatable bonds is 6. The molecule has 0 aliphatic rings. The van der Waals surface area contributed by atoms with Gasteiger partial charge in [0.2, 0.25) is 5.91 Å². The van der Waals surface area contributed by atoms with Crippen LogP contribution in [0.3, 0.4) is 0 Å². The van der Waals surface area contributed by atoms with Gasteiger partial charge in [-0.25, -0.2) is 4.68 Å². The lowest BCUT2D eigenvalue weighted by Gasteiger charge is -2.28. The summed E-state index contributed by atoms with van der Waals surface area (Å²) in [5, 5.41) is 17.4. The van der Waals surface area contributed by atoms with E-state index in [4.69, 9.17) is 5.26 Å². The third-order valence-corrected chi connectivity index (χ3v) is 4.82. The quantitative estimate of drug-likeness (QED) is 0.660. The maximum atomic E-state index is 12.8. The zero-order chi connectivity index (χ0) is 20.1. The highest BCUT2D eigenvalue weighted by Crippen LogP contribution is 2.21. The molecular weight excluding hydrogens is 354 g/mol. The Morgan fingerprint density at radius 1 is 1.21 bits per heavy atom. The zero-order valence-corrected chi connectivity index (χ0v) is 15.9. The van der Waals surface area contributed by atoms with Crippen LogP contribution in [0.4, 0.5) is 0 Å². The average Bonchev–Trinajstić information content (AvgIpc) is 2.74. The highest BCUT2D eigenvalue weighted by molar-refractivity contribution is 5.77. The third-order valence-electron chi connectivity index (χ3n) is 4.82. The topological polar surface area (TPSA) is 91.9 Å². The Kier molecular flexibility index (Phi) is 5.80. The molecule has 0 saturated carbocycles. The molecule has 0 radical (unpaired) electrons. The van der Waals surface area contributed by atoms with Gasteiger partial charge >= 0.3 is 0 Å². The molecule has 0 fully saturated rings. The minimum Gasteiger partial charge on any atom is -0.336 e. The average molecular weight is 375 g/mol. The van der Waals surface area contributed by atoms with Gasteiger partial charge in [0.25, 0.3) is 5.56 Å². The number of aryl methyl sites for hydroxylation is 1. The smallest absolute Gasteiger partial charge is 0.277 e. The largest absolute Gasteiger partial charge is 0.336 e. The van der Waals surface area contributed by atoms with Crippen molar-refractivity contribution in [1.29, 1.82) is 5.26 Å². The molecule has 1 heterocycles. The Morgan fingerprint density at radius 3 is 2.61 bits per heavy atom. The van der Waals surface area contributed by atoms with Crippen LogP contribution < -0.4 is 5.56 Å². The van der Waals surface area contributed by atoms with Crippen molar-refractivity contribution in [2.45, 2.75) is 32.9 Å². The molecule has 1 unspecified atom stereocenters. The normalized spacial score (nSPS) is 11.8. The Morgan fingerprint density at radius 2 is 1.93 bits per heavy atom. The van der Waals surface area contributed by atoms with Crippen molar-refractivity contribution in [3.05, 3.63) is 70.0 Å².